The van der Waals surface area contributed by atoms with Gasteiger partial charge in [0, 0.05) is 37.3 Å². The summed E-state index contributed by atoms with van der Waals surface area (Å²) in [6.07, 6.45) is 4.22. The molecule has 0 fully saturated rings. The molecule has 3 N–H and O–H groups in total. The molecule has 0 unspecified atom stereocenters. The number of rotatable bonds is 8. The zero-order chi connectivity index (χ0) is 18.4. The number of nitrogens with zero attached hydrogens (tertiary/aromatic N) is 2. The van der Waals surface area contributed by atoms with Crippen LogP contribution in [0.15, 0.2) is 36.0 Å². The molecule has 0 saturated carbocycles. The van der Waals surface area contributed by atoms with Crippen LogP contribution in [0.2, 0.25) is 5.02 Å². The van der Waals surface area contributed by atoms with Gasteiger partial charge >= 0.3 is 0 Å². The van der Waals surface area contributed by atoms with Gasteiger partial charge in [-0.1, -0.05) is 17.7 Å². The summed E-state index contributed by atoms with van der Waals surface area (Å²) >= 11 is 7.18. The van der Waals surface area contributed by atoms with E-state index in [1.165, 1.54) is 23.5 Å². The fraction of sp³-hybridized carbons (Fsp3) is 0.235. The number of hydrogen-bond donors (Lipinski definition) is 3. The summed E-state index contributed by atoms with van der Waals surface area (Å²) in [4.78, 5) is 23.7. The second-order valence-corrected chi connectivity index (χ2v) is 6.87. The molecule has 3 aromatic rings. The third-order valence-corrected chi connectivity index (χ3v) is 4.78. The number of amides is 1. The van der Waals surface area contributed by atoms with Crippen LogP contribution < -0.4 is 10.6 Å². The van der Waals surface area contributed by atoms with Crippen molar-refractivity contribution in [3.63, 3.8) is 0 Å². The van der Waals surface area contributed by atoms with Gasteiger partial charge in [-0.05, 0) is 17.7 Å². The Balaban J connectivity index is 1.44. The van der Waals surface area contributed by atoms with Crippen LogP contribution in [0.1, 0.15) is 26.9 Å². The summed E-state index contributed by atoms with van der Waals surface area (Å²) in [5.41, 5.74) is 1.10. The van der Waals surface area contributed by atoms with E-state index >= 15 is 0 Å². The standard InChI is InChI=1S/C17H17ClFN5OS/c18-12-7-11(1-2-13(12)19)8-23-17(25)14-10-26-16(24-14)3-4-20-9-15-21-5-6-22-15/h1-2,5-7,10,20H,3-4,8-9H2,(H,21,22)(H,23,25). The number of H-pyrrole nitrogens is 1. The quantitative estimate of drug-likeness (QED) is 0.514. The van der Waals surface area contributed by atoms with E-state index in [0.29, 0.717) is 12.2 Å². The highest BCUT2D eigenvalue weighted by atomic mass is 35.5. The predicted molar refractivity (Wildman–Crippen MR) is 98.7 cm³/mol. The van der Waals surface area contributed by atoms with Gasteiger partial charge in [0.25, 0.3) is 5.91 Å². The largest absolute Gasteiger partial charge is 0.348 e. The Hall–Kier alpha value is -2.29. The molecule has 0 spiro atoms. The Bertz CT molecular complexity index is 868. The highest BCUT2D eigenvalue weighted by Crippen LogP contribution is 2.16. The van der Waals surface area contributed by atoms with Crippen molar-refractivity contribution in [3.05, 3.63) is 68.9 Å². The number of hydrogen-bond acceptors (Lipinski definition) is 5. The maximum absolute atomic E-state index is 13.1. The molecule has 0 atom stereocenters. The van der Waals surface area contributed by atoms with E-state index in [-0.39, 0.29) is 17.5 Å². The van der Waals surface area contributed by atoms with E-state index in [0.717, 1.165) is 29.4 Å². The molecule has 26 heavy (non-hydrogen) atoms. The Morgan fingerprint density at radius 2 is 2.23 bits per heavy atom. The molecule has 6 nitrogen and oxygen atoms in total. The molecule has 9 heteroatoms. The monoisotopic (exact) mass is 393 g/mol. The molecule has 0 saturated heterocycles. The third kappa shape index (κ3) is 5.10. The van der Waals surface area contributed by atoms with Gasteiger partial charge in [-0.3, -0.25) is 4.79 Å². The van der Waals surface area contributed by atoms with Gasteiger partial charge in [-0.25, -0.2) is 14.4 Å². The molecule has 2 heterocycles. The number of thiazole rings is 1. The van der Waals surface area contributed by atoms with Crippen molar-refractivity contribution < 1.29 is 9.18 Å². The molecule has 0 aliphatic carbocycles. The first-order valence-electron chi connectivity index (χ1n) is 7.97. The summed E-state index contributed by atoms with van der Waals surface area (Å²) < 4.78 is 13.1. The maximum atomic E-state index is 13.1. The number of imidazole rings is 1. The molecular weight excluding hydrogens is 377 g/mol. The smallest absolute Gasteiger partial charge is 0.271 e. The molecule has 1 amide bonds. The van der Waals surface area contributed by atoms with Gasteiger partial charge in [0.05, 0.1) is 16.6 Å². The van der Waals surface area contributed by atoms with Crippen LogP contribution in [0, 0.1) is 5.82 Å². The molecule has 0 radical (unpaired) electrons. The minimum Gasteiger partial charge on any atom is -0.348 e. The average Bonchev–Trinajstić information content (AvgIpc) is 3.31. The van der Waals surface area contributed by atoms with Crippen molar-refractivity contribution in [2.75, 3.05) is 6.54 Å². The summed E-state index contributed by atoms with van der Waals surface area (Å²) in [5, 5.41) is 8.67. The Labute approximate surface area is 158 Å². The van der Waals surface area contributed by atoms with Crippen LogP contribution in [0.5, 0.6) is 0 Å². The second-order valence-electron chi connectivity index (χ2n) is 5.52. The van der Waals surface area contributed by atoms with Crippen molar-refractivity contribution in [3.8, 4) is 0 Å². The van der Waals surface area contributed by atoms with Gasteiger partial charge in [0.1, 0.15) is 17.3 Å². The molecule has 1 aromatic carbocycles. The van der Waals surface area contributed by atoms with Crippen molar-refractivity contribution >= 4 is 28.8 Å². The van der Waals surface area contributed by atoms with Crippen molar-refractivity contribution in [2.45, 2.75) is 19.5 Å². The fourth-order valence-corrected chi connectivity index (χ4v) is 3.23. The topological polar surface area (TPSA) is 82.7 Å². The number of benzene rings is 1. The van der Waals surface area contributed by atoms with E-state index in [9.17, 15) is 9.18 Å². The molecular formula is C17H17ClFN5OS. The van der Waals surface area contributed by atoms with Gasteiger partial charge < -0.3 is 15.6 Å². The SMILES string of the molecule is O=C(NCc1ccc(F)c(Cl)c1)c1csc(CCNCc2ncc[nH]2)n1. The van der Waals surface area contributed by atoms with Crippen LogP contribution in [-0.2, 0) is 19.5 Å². The molecule has 3 rings (SSSR count). The Morgan fingerprint density at radius 3 is 3.00 bits per heavy atom. The number of halogens is 2. The van der Waals surface area contributed by atoms with Gasteiger partial charge in [0.2, 0.25) is 0 Å². The average molecular weight is 394 g/mol. The predicted octanol–water partition coefficient (Wildman–Crippen LogP) is 2.92. The van der Waals surface area contributed by atoms with Crippen LogP contribution in [0.25, 0.3) is 0 Å². The lowest BCUT2D eigenvalue weighted by Gasteiger charge is -2.04. The zero-order valence-electron chi connectivity index (χ0n) is 13.8. The highest BCUT2D eigenvalue weighted by Gasteiger charge is 2.11. The third-order valence-electron chi connectivity index (χ3n) is 3.58. The first kappa shape index (κ1) is 18.5. The molecule has 2 aromatic heterocycles. The van der Waals surface area contributed by atoms with E-state index in [2.05, 4.69) is 25.6 Å². The van der Waals surface area contributed by atoms with E-state index in [4.69, 9.17) is 11.6 Å². The summed E-state index contributed by atoms with van der Waals surface area (Å²) in [7, 11) is 0. The van der Waals surface area contributed by atoms with Crippen LogP contribution in [0.3, 0.4) is 0 Å². The summed E-state index contributed by atoms with van der Waals surface area (Å²) in [6, 6.07) is 4.35. The second kappa shape index (κ2) is 8.88. The van der Waals surface area contributed by atoms with Gasteiger partial charge in [0.15, 0.2) is 0 Å². The molecule has 0 bridgehead atoms. The Morgan fingerprint density at radius 1 is 1.35 bits per heavy atom. The highest BCUT2D eigenvalue weighted by molar-refractivity contribution is 7.09. The zero-order valence-corrected chi connectivity index (χ0v) is 15.3. The number of carbonyl (C=O) groups excluding carboxylic acids is 1. The van der Waals surface area contributed by atoms with Gasteiger partial charge in [-0.15, -0.1) is 11.3 Å². The lowest BCUT2D eigenvalue weighted by atomic mass is 10.2. The maximum Gasteiger partial charge on any atom is 0.271 e. The number of aromatic nitrogens is 3. The molecule has 0 aliphatic heterocycles. The van der Waals surface area contributed by atoms with E-state index < -0.39 is 5.82 Å². The van der Waals surface area contributed by atoms with Gasteiger partial charge in [-0.2, -0.15) is 0 Å². The van der Waals surface area contributed by atoms with Crippen LogP contribution >= 0.6 is 22.9 Å². The first-order valence-corrected chi connectivity index (χ1v) is 9.23. The summed E-state index contributed by atoms with van der Waals surface area (Å²) in [5.74, 6) is 0.133. The van der Waals surface area contributed by atoms with E-state index in [1.807, 2.05) is 0 Å². The number of carbonyl (C=O) groups is 1. The fourth-order valence-electron chi connectivity index (χ4n) is 2.25. The normalized spacial score (nSPS) is 10.8. The lowest BCUT2D eigenvalue weighted by Crippen LogP contribution is -2.23. The molecule has 136 valence electrons. The van der Waals surface area contributed by atoms with E-state index in [1.54, 1.807) is 23.8 Å². The Kier molecular flexibility index (Phi) is 6.32. The number of aromatic amines is 1. The van der Waals surface area contributed by atoms with Crippen molar-refractivity contribution in [1.29, 1.82) is 0 Å². The lowest BCUT2D eigenvalue weighted by molar-refractivity contribution is 0.0946. The number of nitrogens with one attached hydrogen (secondary N) is 3. The summed E-state index contributed by atoms with van der Waals surface area (Å²) in [6.45, 7) is 1.66. The van der Waals surface area contributed by atoms with Crippen molar-refractivity contribution in [1.82, 2.24) is 25.6 Å². The van der Waals surface area contributed by atoms with Crippen LogP contribution in [-0.4, -0.2) is 27.4 Å². The molecule has 0 aliphatic rings. The first-order chi connectivity index (χ1) is 12.6. The van der Waals surface area contributed by atoms with Crippen LogP contribution in [0.4, 0.5) is 4.39 Å². The minimum absolute atomic E-state index is 0.0368. The minimum atomic E-state index is -0.480. The van der Waals surface area contributed by atoms with Crippen molar-refractivity contribution in [2.24, 2.45) is 0 Å².